The molecule has 0 saturated heterocycles. The highest BCUT2D eigenvalue weighted by atomic mass is 127. The van der Waals surface area contributed by atoms with Gasteiger partial charge in [-0.3, -0.25) is 0 Å². The van der Waals surface area contributed by atoms with E-state index in [-0.39, 0.29) is 5.03 Å². The molecule has 0 atom stereocenters. The van der Waals surface area contributed by atoms with Crippen molar-refractivity contribution in [1.29, 1.82) is 0 Å². The molecule has 1 aromatic carbocycles. The van der Waals surface area contributed by atoms with Crippen LogP contribution in [0, 0.1) is 3.57 Å². The summed E-state index contributed by atoms with van der Waals surface area (Å²) in [6, 6.07) is 7.95. The van der Waals surface area contributed by atoms with Gasteiger partial charge in [0.1, 0.15) is 0 Å². The molecule has 90 valence electrons. The highest BCUT2D eigenvalue weighted by Crippen LogP contribution is 2.13. The zero-order valence-electron chi connectivity index (χ0n) is 8.55. The van der Waals surface area contributed by atoms with Crippen LogP contribution < -0.4 is 0 Å². The lowest BCUT2D eigenvalue weighted by Crippen LogP contribution is -1.96. The molecule has 0 radical (unpaired) electrons. The van der Waals surface area contributed by atoms with Crippen molar-refractivity contribution in [1.82, 2.24) is 9.55 Å². The van der Waals surface area contributed by atoms with Crippen molar-refractivity contribution in [2.75, 3.05) is 0 Å². The Morgan fingerprint density at radius 1 is 1.29 bits per heavy atom. The van der Waals surface area contributed by atoms with E-state index in [1.807, 2.05) is 24.3 Å². The molecule has 7 heteroatoms. The fraction of sp³-hybridized carbons (Fsp3) is 0.100. The molecule has 0 saturated carbocycles. The van der Waals surface area contributed by atoms with Gasteiger partial charge in [0.05, 0.1) is 6.33 Å². The minimum Gasteiger partial charge on any atom is -0.332 e. The van der Waals surface area contributed by atoms with Crippen LogP contribution in [0.15, 0.2) is 41.8 Å². The second kappa shape index (κ2) is 4.95. The third-order valence-electron chi connectivity index (χ3n) is 2.14. The predicted octanol–water partition coefficient (Wildman–Crippen LogP) is 2.46. The molecule has 0 unspecified atom stereocenters. The summed E-state index contributed by atoms with van der Waals surface area (Å²) < 4.78 is 24.9. The number of benzene rings is 1. The number of hydrogen-bond donors (Lipinski definition) is 0. The molecule has 1 aromatic heterocycles. The highest BCUT2D eigenvalue weighted by molar-refractivity contribution is 14.1. The van der Waals surface area contributed by atoms with Crippen LogP contribution in [0.1, 0.15) is 5.56 Å². The zero-order valence-corrected chi connectivity index (χ0v) is 12.3. The van der Waals surface area contributed by atoms with Gasteiger partial charge < -0.3 is 4.57 Å². The van der Waals surface area contributed by atoms with Crippen molar-refractivity contribution in [3.8, 4) is 0 Å². The Morgan fingerprint density at radius 2 is 1.94 bits per heavy atom. The van der Waals surface area contributed by atoms with Gasteiger partial charge in [-0.1, -0.05) is 12.1 Å². The van der Waals surface area contributed by atoms with E-state index in [4.69, 9.17) is 10.7 Å². The van der Waals surface area contributed by atoms with E-state index in [0.717, 1.165) is 9.13 Å². The van der Waals surface area contributed by atoms with Gasteiger partial charge in [-0.05, 0) is 40.3 Å². The quantitative estimate of drug-likeness (QED) is 0.605. The van der Waals surface area contributed by atoms with Crippen LogP contribution in [0.3, 0.4) is 0 Å². The summed E-state index contributed by atoms with van der Waals surface area (Å²) in [5.74, 6) is 0. The number of rotatable bonds is 3. The first-order valence-corrected chi connectivity index (χ1v) is 8.05. The molecule has 0 aliphatic heterocycles. The lowest BCUT2D eigenvalue weighted by atomic mass is 10.2. The molecular formula is C10H8ClIN2O2S. The molecular weight excluding hydrogens is 375 g/mol. The molecule has 0 amide bonds. The van der Waals surface area contributed by atoms with Crippen LogP contribution >= 0.6 is 33.3 Å². The lowest BCUT2D eigenvalue weighted by molar-refractivity contribution is 0.606. The van der Waals surface area contributed by atoms with E-state index in [9.17, 15) is 8.42 Å². The van der Waals surface area contributed by atoms with Crippen molar-refractivity contribution in [2.45, 2.75) is 11.6 Å². The van der Waals surface area contributed by atoms with E-state index in [1.54, 1.807) is 4.57 Å². The largest absolute Gasteiger partial charge is 0.332 e. The summed E-state index contributed by atoms with van der Waals surface area (Å²) in [4.78, 5) is 3.74. The third-order valence-corrected chi connectivity index (χ3v) is 4.04. The van der Waals surface area contributed by atoms with Crippen LogP contribution in [0.25, 0.3) is 0 Å². The smallest absolute Gasteiger partial charge is 0.280 e. The molecule has 17 heavy (non-hydrogen) atoms. The van der Waals surface area contributed by atoms with Gasteiger partial charge in [0, 0.05) is 27.0 Å². The first kappa shape index (κ1) is 12.8. The number of hydrogen-bond acceptors (Lipinski definition) is 3. The molecule has 4 nitrogen and oxygen atoms in total. The summed E-state index contributed by atoms with van der Waals surface area (Å²) in [5.41, 5.74) is 1.07. The fourth-order valence-electron chi connectivity index (χ4n) is 1.35. The van der Waals surface area contributed by atoms with Gasteiger partial charge in [-0.2, -0.15) is 0 Å². The van der Waals surface area contributed by atoms with Crippen LogP contribution in [0.5, 0.6) is 0 Å². The summed E-state index contributed by atoms with van der Waals surface area (Å²) in [6.45, 7) is 0.566. The average Bonchev–Trinajstić information content (AvgIpc) is 2.69. The Bertz CT molecular complexity index is 622. The number of nitrogens with zero attached hydrogens (tertiary/aromatic N) is 2. The van der Waals surface area contributed by atoms with Crippen molar-refractivity contribution in [2.24, 2.45) is 0 Å². The Balaban J connectivity index is 2.20. The monoisotopic (exact) mass is 382 g/mol. The zero-order chi connectivity index (χ0) is 12.5. The van der Waals surface area contributed by atoms with Gasteiger partial charge in [-0.15, -0.1) is 0 Å². The molecule has 0 spiro atoms. The molecule has 2 aromatic rings. The summed E-state index contributed by atoms with van der Waals surface area (Å²) >= 11 is 2.23. The van der Waals surface area contributed by atoms with Gasteiger partial charge in [0.2, 0.25) is 0 Å². The second-order valence-electron chi connectivity index (χ2n) is 3.45. The van der Waals surface area contributed by atoms with E-state index in [2.05, 4.69) is 27.6 Å². The number of imidazole rings is 1. The van der Waals surface area contributed by atoms with Crippen molar-refractivity contribution in [3.05, 3.63) is 45.9 Å². The predicted molar refractivity (Wildman–Crippen MR) is 73.5 cm³/mol. The maximum atomic E-state index is 11.0. The maximum Gasteiger partial charge on any atom is 0.280 e. The first-order valence-electron chi connectivity index (χ1n) is 4.66. The van der Waals surface area contributed by atoms with E-state index in [1.165, 1.54) is 12.5 Å². The first-order chi connectivity index (χ1) is 7.95. The number of halogens is 2. The Kier molecular flexibility index (Phi) is 3.74. The average molecular weight is 383 g/mol. The number of aromatic nitrogens is 2. The fourth-order valence-corrected chi connectivity index (χ4v) is 2.39. The lowest BCUT2D eigenvalue weighted by Gasteiger charge is -2.01. The van der Waals surface area contributed by atoms with Crippen molar-refractivity contribution >= 4 is 42.3 Å². The highest BCUT2D eigenvalue weighted by Gasteiger charge is 2.13. The Hall–Kier alpha value is -0.600. The summed E-state index contributed by atoms with van der Waals surface area (Å²) in [6.07, 6.45) is 2.87. The van der Waals surface area contributed by atoms with Crippen LogP contribution in [0.2, 0.25) is 0 Å². The van der Waals surface area contributed by atoms with E-state index in [0.29, 0.717) is 6.54 Å². The maximum absolute atomic E-state index is 11.0. The Morgan fingerprint density at radius 3 is 2.47 bits per heavy atom. The Labute approximate surface area is 117 Å². The van der Waals surface area contributed by atoms with Crippen LogP contribution in [-0.2, 0) is 15.6 Å². The van der Waals surface area contributed by atoms with E-state index >= 15 is 0 Å². The molecule has 2 rings (SSSR count). The third kappa shape index (κ3) is 3.43. The molecule has 0 aliphatic rings. The summed E-state index contributed by atoms with van der Waals surface area (Å²) in [5, 5.41) is -0.121. The van der Waals surface area contributed by atoms with Crippen molar-refractivity contribution < 1.29 is 8.42 Å². The van der Waals surface area contributed by atoms with Crippen molar-refractivity contribution in [3.63, 3.8) is 0 Å². The molecule has 0 aliphatic carbocycles. The van der Waals surface area contributed by atoms with Crippen LogP contribution in [0.4, 0.5) is 0 Å². The van der Waals surface area contributed by atoms with Gasteiger partial charge in [0.25, 0.3) is 9.05 Å². The minimum atomic E-state index is -3.74. The molecule has 1 heterocycles. The van der Waals surface area contributed by atoms with E-state index < -0.39 is 9.05 Å². The molecule has 0 N–H and O–H groups in total. The van der Waals surface area contributed by atoms with Gasteiger partial charge in [0.15, 0.2) is 5.03 Å². The minimum absolute atomic E-state index is 0.121. The SMILES string of the molecule is O=S(=O)(Cl)c1cn(Cc2ccc(I)cc2)cn1. The molecule has 0 bridgehead atoms. The van der Waals surface area contributed by atoms with Crippen LogP contribution in [-0.4, -0.2) is 18.0 Å². The molecule has 0 fully saturated rings. The van der Waals surface area contributed by atoms with Gasteiger partial charge >= 0.3 is 0 Å². The normalized spacial score (nSPS) is 11.6. The summed E-state index contributed by atoms with van der Waals surface area (Å²) in [7, 11) is 1.45. The van der Waals surface area contributed by atoms with Gasteiger partial charge in [-0.25, -0.2) is 13.4 Å². The second-order valence-corrected chi connectivity index (χ2v) is 7.21. The standard InChI is InChI=1S/C10H8ClIN2O2S/c11-17(15,16)10-6-14(7-13-10)5-8-1-3-9(12)4-2-8/h1-4,6-7H,5H2. The topological polar surface area (TPSA) is 52.0 Å².